The second kappa shape index (κ2) is 5.30. The first-order valence-electron chi connectivity index (χ1n) is 6.24. The molecule has 1 aromatic heterocycles. The molecular formula is C13H22N2S. The molecule has 2 unspecified atom stereocenters. The molecule has 0 saturated carbocycles. The SMILES string of the molecule is Cc1ccc(C(C)N2CCCCC2CN)s1. The summed E-state index contributed by atoms with van der Waals surface area (Å²) in [5, 5.41) is 0. The molecule has 16 heavy (non-hydrogen) atoms. The maximum atomic E-state index is 5.88. The van der Waals surface area contributed by atoms with Crippen molar-refractivity contribution in [2.45, 2.75) is 45.2 Å². The summed E-state index contributed by atoms with van der Waals surface area (Å²) in [6.07, 6.45) is 3.94. The minimum atomic E-state index is 0.535. The van der Waals surface area contributed by atoms with E-state index in [1.54, 1.807) is 0 Å². The molecule has 1 aliphatic rings. The van der Waals surface area contributed by atoms with Gasteiger partial charge in [0.2, 0.25) is 0 Å². The predicted molar refractivity (Wildman–Crippen MR) is 70.9 cm³/mol. The van der Waals surface area contributed by atoms with Gasteiger partial charge in [-0.2, -0.15) is 0 Å². The van der Waals surface area contributed by atoms with Gasteiger partial charge >= 0.3 is 0 Å². The standard InChI is InChI=1S/C13H22N2S/c1-10-6-7-13(16-10)11(2)15-8-4-3-5-12(15)9-14/h6-7,11-12H,3-5,8-9,14H2,1-2H3. The van der Waals surface area contributed by atoms with Crippen LogP contribution in [-0.2, 0) is 0 Å². The normalized spacial score (nSPS) is 24.6. The van der Waals surface area contributed by atoms with Crippen molar-refractivity contribution in [2.24, 2.45) is 5.73 Å². The van der Waals surface area contributed by atoms with Gasteiger partial charge in [-0.25, -0.2) is 0 Å². The maximum Gasteiger partial charge on any atom is 0.0416 e. The molecule has 2 atom stereocenters. The topological polar surface area (TPSA) is 29.3 Å². The average Bonchev–Trinajstić information content (AvgIpc) is 2.75. The van der Waals surface area contributed by atoms with Crippen molar-refractivity contribution in [3.8, 4) is 0 Å². The van der Waals surface area contributed by atoms with Crippen LogP contribution < -0.4 is 5.73 Å². The van der Waals surface area contributed by atoms with Crippen LogP contribution in [0.5, 0.6) is 0 Å². The lowest BCUT2D eigenvalue weighted by Gasteiger charge is -2.39. The molecule has 2 N–H and O–H groups in total. The fourth-order valence-corrected chi connectivity index (χ4v) is 3.58. The van der Waals surface area contributed by atoms with Gasteiger partial charge in [0, 0.05) is 28.4 Å². The number of piperidine rings is 1. The summed E-state index contributed by atoms with van der Waals surface area (Å²) in [6, 6.07) is 5.61. The molecule has 0 amide bonds. The Morgan fingerprint density at radius 3 is 2.94 bits per heavy atom. The first-order chi connectivity index (χ1) is 7.72. The predicted octanol–water partition coefficient (Wildman–Crippen LogP) is 2.93. The molecule has 0 radical (unpaired) electrons. The van der Waals surface area contributed by atoms with E-state index in [4.69, 9.17) is 5.73 Å². The molecule has 0 bridgehead atoms. The van der Waals surface area contributed by atoms with E-state index >= 15 is 0 Å². The lowest BCUT2D eigenvalue weighted by molar-refractivity contribution is 0.109. The number of thiophene rings is 1. The second-order valence-electron chi connectivity index (χ2n) is 4.75. The zero-order valence-electron chi connectivity index (χ0n) is 10.3. The summed E-state index contributed by atoms with van der Waals surface area (Å²) < 4.78 is 0. The minimum absolute atomic E-state index is 0.535. The van der Waals surface area contributed by atoms with E-state index in [1.807, 2.05) is 11.3 Å². The first kappa shape index (κ1) is 12.1. The van der Waals surface area contributed by atoms with Crippen molar-refractivity contribution < 1.29 is 0 Å². The molecule has 3 heteroatoms. The number of hydrogen-bond acceptors (Lipinski definition) is 3. The average molecular weight is 238 g/mol. The Morgan fingerprint density at radius 1 is 1.50 bits per heavy atom. The zero-order valence-corrected chi connectivity index (χ0v) is 11.1. The Balaban J connectivity index is 2.10. The molecule has 1 saturated heterocycles. The van der Waals surface area contributed by atoms with Gasteiger partial charge in [-0.15, -0.1) is 11.3 Å². The minimum Gasteiger partial charge on any atom is -0.329 e. The Morgan fingerprint density at radius 2 is 2.31 bits per heavy atom. The lowest BCUT2D eigenvalue weighted by atomic mass is 10.00. The van der Waals surface area contributed by atoms with E-state index in [1.165, 1.54) is 35.6 Å². The molecule has 2 heterocycles. The number of likely N-dealkylation sites (tertiary alicyclic amines) is 1. The van der Waals surface area contributed by atoms with Crippen molar-refractivity contribution in [2.75, 3.05) is 13.1 Å². The van der Waals surface area contributed by atoms with Crippen LogP contribution in [0.1, 0.15) is 42.0 Å². The quantitative estimate of drug-likeness (QED) is 0.877. The number of nitrogens with zero attached hydrogens (tertiary/aromatic N) is 1. The van der Waals surface area contributed by atoms with Crippen LogP contribution in [0.2, 0.25) is 0 Å². The van der Waals surface area contributed by atoms with Crippen molar-refractivity contribution in [3.63, 3.8) is 0 Å². The van der Waals surface area contributed by atoms with Gasteiger partial charge in [-0.05, 0) is 45.4 Å². The Bertz CT molecular complexity index is 334. The van der Waals surface area contributed by atoms with E-state index in [-0.39, 0.29) is 0 Å². The summed E-state index contributed by atoms with van der Waals surface area (Å²) >= 11 is 1.92. The number of nitrogens with two attached hydrogens (primary N) is 1. The second-order valence-corrected chi connectivity index (χ2v) is 6.07. The maximum absolute atomic E-state index is 5.88. The van der Waals surface area contributed by atoms with Crippen LogP contribution in [0.15, 0.2) is 12.1 Å². The largest absolute Gasteiger partial charge is 0.329 e. The van der Waals surface area contributed by atoms with E-state index in [2.05, 4.69) is 30.9 Å². The van der Waals surface area contributed by atoms with E-state index < -0.39 is 0 Å². The molecule has 0 spiro atoms. The van der Waals surface area contributed by atoms with Gasteiger partial charge in [-0.3, -0.25) is 4.90 Å². The van der Waals surface area contributed by atoms with Crippen molar-refractivity contribution >= 4 is 11.3 Å². The van der Waals surface area contributed by atoms with Crippen LogP contribution in [0.3, 0.4) is 0 Å². The van der Waals surface area contributed by atoms with Crippen LogP contribution in [0, 0.1) is 6.92 Å². The highest BCUT2D eigenvalue weighted by atomic mass is 32.1. The highest BCUT2D eigenvalue weighted by molar-refractivity contribution is 7.12. The molecule has 2 rings (SSSR count). The highest BCUT2D eigenvalue weighted by Crippen LogP contribution is 2.31. The van der Waals surface area contributed by atoms with Crippen molar-refractivity contribution in [3.05, 3.63) is 21.9 Å². The molecule has 1 aliphatic heterocycles. The summed E-state index contributed by atoms with van der Waals surface area (Å²) in [6.45, 7) is 6.51. The van der Waals surface area contributed by atoms with Crippen LogP contribution in [0.4, 0.5) is 0 Å². The molecule has 2 nitrogen and oxygen atoms in total. The van der Waals surface area contributed by atoms with Gasteiger partial charge in [0.25, 0.3) is 0 Å². The van der Waals surface area contributed by atoms with Gasteiger partial charge in [0.05, 0.1) is 0 Å². The van der Waals surface area contributed by atoms with E-state index in [0.717, 1.165) is 6.54 Å². The van der Waals surface area contributed by atoms with Gasteiger partial charge in [0.1, 0.15) is 0 Å². The fraction of sp³-hybridized carbons (Fsp3) is 0.692. The zero-order chi connectivity index (χ0) is 11.5. The first-order valence-corrected chi connectivity index (χ1v) is 7.06. The number of aryl methyl sites for hydroxylation is 1. The molecule has 0 aliphatic carbocycles. The van der Waals surface area contributed by atoms with Gasteiger partial charge in [0.15, 0.2) is 0 Å². The molecule has 0 aromatic carbocycles. The molecule has 1 fully saturated rings. The smallest absolute Gasteiger partial charge is 0.0416 e. The third-order valence-electron chi connectivity index (χ3n) is 3.62. The van der Waals surface area contributed by atoms with Crippen molar-refractivity contribution in [1.29, 1.82) is 0 Å². The lowest BCUT2D eigenvalue weighted by Crippen LogP contribution is -2.45. The van der Waals surface area contributed by atoms with Crippen LogP contribution >= 0.6 is 11.3 Å². The third kappa shape index (κ3) is 2.47. The van der Waals surface area contributed by atoms with Crippen molar-refractivity contribution in [1.82, 2.24) is 4.90 Å². The van der Waals surface area contributed by atoms with Crippen LogP contribution in [-0.4, -0.2) is 24.0 Å². The van der Waals surface area contributed by atoms with E-state index in [0.29, 0.717) is 12.1 Å². The summed E-state index contributed by atoms with van der Waals surface area (Å²) in [5.41, 5.74) is 5.88. The van der Waals surface area contributed by atoms with Crippen LogP contribution in [0.25, 0.3) is 0 Å². The molecular weight excluding hydrogens is 216 g/mol. The summed E-state index contributed by atoms with van der Waals surface area (Å²) in [4.78, 5) is 5.48. The number of hydrogen-bond donors (Lipinski definition) is 1. The van der Waals surface area contributed by atoms with Gasteiger partial charge < -0.3 is 5.73 Å². The molecule has 90 valence electrons. The van der Waals surface area contributed by atoms with E-state index in [9.17, 15) is 0 Å². The third-order valence-corrected chi connectivity index (χ3v) is 4.79. The van der Waals surface area contributed by atoms with Gasteiger partial charge in [-0.1, -0.05) is 6.42 Å². The Labute approximate surface area is 102 Å². The Hall–Kier alpha value is -0.380. The fourth-order valence-electron chi connectivity index (χ4n) is 2.63. The monoisotopic (exact) mass is 238 g/mol. The summed E-state index contributed by atoms with van der Waals surface area (Å²) in [7, 11) is 0. The summed E-state index contributed by atoms with van der Waals surface area (Å²) in [5.74, 6) is 0. The molecule has 1 aromatic rings. The number of rotatable bonds is 3. The Kier molecular flexibility index (Phi) is 4.00. The highest BCUT2D eigenvalue weighted by Gasteiger charge is 2.26.